The van der Waals surface area contributed by atoms with Crippen molar-refractivity contribution in [1.29, 1.82) is 0 Å². The lowest BCUT2D eigenvalue weighted by Crippen LogP contribution is -2.26. The van der Waals surface area contributed by atoms with Crippen molar-refractivity contribution in [2.75, 3.05) is 61.5 Å². The Morgan fingerprint density at radius 1 is 0.731 bits per heavy atom. The van der Waals surface area contributed by atoms with E-state index in [1.54, 1.807) is 0 Å². The molecule has 0 aromatic heterocycles. The number of nitrogens with one attached hydrogen (secondary N) is 1. The summed E-state index contributed by atoms with van der Waals surface area (Å²) in [5, 5.41) is 3.52. The smallest absolute Gasteiger partial charge is 0.358 e. The highest BCUT2D eigenvalue weighted by Gasteiger charge is 2.46. The lowest BCUT2D eigenvalue weighted by molar-refractivity contribution is 0.541. The summed E-state index contributed by atoms with van der Waals surface area (Å²) in [6.45, 7) is 0. The lowest BCUT2D eigenvalue weighted by Gasteiger charge is -2.43. The minimum Gasteiger partial charge on any atom is -0.424 e. The van der Waals surface area contributed by atoms with Crippen LogP contribution in [0.25, 0.3) is 0 Å². The number of anilines is 1. The summed E-state index contributed by atoms with van der Waals surface area (Å²) < 4.78 is 30.6. The van der Waals surface area contributed by atoms with Crippen molar-refractivity contribution in [3.63, 3.8) is 0 Å². The van der Waals surface area contributed by atoms with Crippen molar-refractivity contribution in [2.24, 2.45) is 13.5 Å². The van der Waals surface area contributed by atoms with Gasteiger partial charge >= 0.3 is 7.58 Å². The van der Waals surface area contributed by atoms with Crippen LogP contribution in [0.3, 0.4) is 0 Å². The highest BCUT2D eigenvalue weighted by Crippen LogP contribution is 2.81. The molecule has 0 amide bonds. The van der Waals surface area contributed by atoms with Crippen LogP contribution in [0.4, 0.5) is 5.69 Å². The van der Waals surface area contributed by atoms with Gasteiger partial charge in [-0.15, -0.1) is 0 Å². The van der Waals surface area contributed by atoms with Crippen molar-refractivity contribution < 1.29 is 4.52 Å². The first-order chi connectivity index (χ1) is 12.1. The Morgan fingerprint density at radius 2 is 1.23 bits per heavy atom. The highest BCUT2D eigenvalue weighted by atomic mass is 31.3. The third-order valence-electron chi connectivity index (χ3n) is 4.25. The maximum absolute atomic E-state index is 6.40. The molecule has 1 atom stereocenters. The lowest BCUT2D eigenvalue weighted by atomic mass is 10.3. The number of rotatable bonds is 4. The van der Waals surface area contributed by atoms with Gasteiger partial charge in [-0.1, -0.05) is 12.1 Å². The molecular weight excluding hydrogens is 389 g/mol. The molecular formula is C14H29N8OP3. The monoisotopic (exact) mass is 418 g/mol. The average Bonchev–Trinajstić information content (AvgIpc) is 2.89. The highest BCUT2D eigenvalue weighted by molar-refractivity contribution is 7.83. The van der Waals surface area contributed by atoms with E-state index in [0.717, 1.165) is 11.4 Å². The zero-order valence-electron chi connectivity index (χ0n) is 16.7. The Labute approximate surface area is 157 Å². The van der Waals surface area contributed by atoms with E-state index in [4.69, 9.17) is 18.1 Å². The Balaban J connectivity index is 2.37. The fourth-order valence-electron chi connectivity index (χ4n) is 2.93. The van der Waals surface area contributed by atoms with Crippen molar-refractivity contribution >= 4 is 28.3 Å². The van der Waals surface area contributed by atoms with Crippen LogP contribution in [-0.2, 0) is 0 Å². The molecule has 1 aromatic carbocycles. The van der Waals surface area contributed by atoms with Gasteiger partial charge in [0.05, 0.1) is 5.69 Å². The van der Waals surface area contributed by atoms with Gasteiger partial charge < -0.3 is 9.61 Å². The van der Waals surface area contributed by atoms with Gasteiger partial charge in [0.15, 0.2) is 5.75 Å². The third kappa shape index (κ3) is 3.00. The van der Waals surface area contributed by atoms with E-state index in [9.17, 15) is 0 Å². The van der Waals surface area contributed by atoms with E-state index in [2.05, 4.69) is 23.8 Å². The van der Waals surface area contributed by atoms with Crippen LogP contribution in [0.5, 0.6) is 5.75 Å². The molecule has 2 heterocycles. The van der Waals surface area contributed by atoms with E-state index >= 15 is 0 Å². The molecule has 0 radical (unpaired) electrons. The second-order valence-electron chi connectivity index (χ2n) is 6.97. The second kappa shape index (κ2) is 6.75. The molecule has 9 nitrogen and oxygen atoms in total. The number of nitrogens with zero attached hydrogens (tertiary/aromatic N) is 7. The van der Waals surface area contributed by atoms with Gasteiger partial charge in [0.2, 0.25) is 15.0 Å². The van der Waals surface area contributed by atoms with Crippen LogP contribution >= 0.6 is 22.6 Å². The summed E-state index contributed by atoms with van der Waals surface area (Å²) in [5.74, 6) is 0.807. The summed E-state index contributed by atoms with van der Waals surface area (Å²) >= 11 is 0. The standard InChI is InChI=1S/C14H29N8OP3/c1-19(2)25(20(3)4)16-24(15-13-11-9-10-12-14(13)23-24)17-26(18-25,21(5)6)22(7)8/h9-12,15H,1-8H3. The Kier molecular flexibility index (Phi) is 5.22. The predicted molar refractivity (Wildman–Crippen MR) is 113 cm³/mol. The third-order valence-corrected chi connectivity index (χ3v) is 15.3. The summed E-state index contributed by atoms with van der Waals surface area (Å²) in [6.07, 6.45) is 0. The number of hydrogen-bond donors (Lipinski definition) is 1. The molecule has 146 valence electrons. The summed E-state index contributed by atoms with van der Waals surface area (Å²) in [5.41, 5.74) is 0.946. The molecule has 2 aliphatic heterocycles. The molecule has 2 aliphatic rings. The minimum absolute atomic E-state index is 0.807. The topological polar surface area (TPSA) is 71.3 Å². The molecule has 12 heteroatoms. The van der Waals surface area contributed by atoms with Gasteiger partial charge in [-0.3, -0.25) is 0 Å². The van der Waals surface area contributed by atoms with E-state index in [1.165, 1.54) is 0 Å². The van der Waals surface area contributed by atoms with Gasteiger partial charge in [-0.2, -0.15) is 13.5 Å². The van der Waals surface area contributed by atoms with Crippen LogP contribution in [0, 0.1) is 0 Å². The zero-order chi connectivity index (χ0) is 19.3. The number of hydrogen-bond acceptors (Lipinski definition) is 9. The van der Waals surface area contributed by atoms with E-state index in [1.807, 2.05) is 80.6 Å². The second-order valence-corrected chi connectivity index (χ2v) is 16.0. The van der Waals surface area contributed by atoms with Crippen molar-refractivity contribution in [1.82, 2.24) is 18.7 Å². The summed E-state index contributed by atoms with van der Waals surface area (Å²) in [4.78, 5) is 0. The minimum atomic E-state index is -2.64. The number of fused-ring (bicyclic) bond motifs is 1. The van der Waals surface area contributed by atoms with Gasteiger partial charge in [0.1, 0.15) is 0 Å². The molecule has 0 saturated heterocycles. The Morgan fingerprint density at radius 3 is 1.73 bits per heavy atom. The number of benzene rings is 1. The largest absolute Gasteiger partial charge is 0.424 e. The molecule has 1 aromatic rings. The SMILES string of the molecule is CN(C)P1(N(C)C)=NP2(=NP(N(C)C)(N(C)C)=N1)Nc1ccccc1O2. The van der Waals surface area contributed by atoms with Gasteiger partial charge in [-0.05, 0) is 68.5 Å². The zero-order valence-corrected chi connectivity index (χ0v) is 19.4. The van der Waals surface area contributed by atoms with E-state index in [-0.39, 0.29) is 0 Å². The Bertz CT molecular complexity index is 804. The van der Waals surface area contributed by atoms with Crippen LogP contribution in [0.2, 0.25) is 0 Å². The van der Waals surface area contributed by atoms with Crippen LogP contribution in [0.15, 0.2) is 37.8 Å². The molecule has 1 unspecified atom stereocenters. The van der Waals surface area contributed by atoms with Crippen molar-refractivity contribution in [2.45, 2.75) is 0 Å². The fourth-order valence-corrected chi connectivity index (χ4v) is 16.4. The van der Waals surface area contributed by atoms with Crippen molar-refractivity contribution in [3.8, 4) is 5.75 Å². The molecule has 0 aliphatic carbocycles. The predicted octanol–water partition coefficient (Wildman–Crippen LogP) is 4.59. The maximum atomic E-state index is 6.40. The number of para-hydroxylation sites is 2. The first-order valence-corrected chi connectivity index (χ1v) is 13.1. The molecule has 3 rings (SSSR count). The molecule has 0 fully saturated rings. The molecule has 0 bridgehead atoms. The normalized spacial score (nSPS) is 25.5. The fraction of sp³-hybridized carbons (Fsp3) is 0.571. The molecule has 26 heavy (non-hydrogen) atoms. The first kappa shape index (κ1) is 20.1. The van der Waals surface area contributed by atoms with Gasteiger partial charge in [0.25, 0.3) is 0 Å². The van der Waals surface area contributed by atoms with E-state index < -0.39 is 22.6 Å². The van der Waals surface area contributed by atoms with Crippen molar-refractivity contribution in [3.05, 3.63) is 24.3 Å². The quantitative estimate of drug-likeness (QED) is 0.722. The summed E-state index contributed by atoms with van der Waals surface area (Å²) in [7, 11) is 8.91. The van der Waals surface area contributed by atoms with E-state index in [0.29, 0.717) is 0 Å². The molecule has 1 spiro atoms. The summed E-state index contributed by atoms with van der Waals surface area (Å²) in [6, 6.07) is 7.94. The Hall–Kier alpha value is -0.650. The molecule has 0 saturated carbocycles. The average molecular weight is 418 g/mol. The van der Waals surface area contributed by atoms with Crippen LogP contribution in [0.1, 0.15) is 0 Å². The van der Waals surface area contributed by atoms with Gasteiger partial charge in [-0.25, -0.2) is 18.7 Å². The molecule has 1 N–H and O–H groups in total. The van der Waals surface area contributed by atoms with Gasteiger partial charge in [0, 0.05) is 0 Å². The first-order valence-electron chi connectivity index (χ1n) is 8.27. The van der Waals surface area contributed by atoms with Crippen LogP contribution in [-0.4, -0.2) is 75.1 Å². The maximum Gasteiger partial charge on any atom is 0.358 e. The van der Waals surface area contributed by atoms with Crippen LogP contribution < -0.4 is 9.61 Å².